The minimum absolute atomic E-state index is 0.0440. The maximum atomic E-state index is 12.3. The first kappa shape index (κ1) is 30.4. The van der Waals surface area contributed by atoms with Crippen LogP contribution in [0.3, 0.4) is 0 Å². The van der Waals surface area contributed by atoms with Gasteiger partial charge in [0.25, 0.3) is 0 Å². The van der Waals surface area contributed by atoms with Gasteiger partial charge in [-0.15, -0.1) is 0 Å². The molecule has 0 N–H and O–H groups in total. The van der Waals surface area contributed by atoms with Crippen molar-refractivity contribution < 1.29 is 19.0 Å². The van der Waals surface area contributed by atoms with Crippen LogP contribution in [0.15, 0.2) is 72.4 Å². The number of ether oxygens (including phenoxy) is 3. The van der Waals surface area contributed by atoms with Gasteiger partial charge in [-0.2, -0.15) is 0 Å². The molecule has 4 nitrogen and oxygen atoms in total. The molecule has 210 valence electrons. The van der Waals surface area contributed by atoms with Gasteiger partial charge >= 0.3 is 5.97 Å². The van der Waals surface area contributed by atoms with Crippen LogP contribution >= 0.6 is 0 Å². The van der Waals surface area contributed by atoms with Gasteiger partial charge in [0, 0.05) is 12.3 Å². The quantitative estimate of drug-likeness (QED) is 0.0831. The highest BCUT2D eigenvalue weighted by molar-refractivity contribution is 5.69. The Bertz CT molecular complexity index is 871. The molecule has 1 aliphatic carbocycles. The Morgan fingerprint density at radius 3 is 2.29 bits per heavy atom. The lowest BCUT2D eigenvalue weighted by Crippen LogP contribution is -2.44. The van der Waals surface area contributed by atoms with Crippen molar-refractivity contribution in [2.45, 2.75) is 115 Å². The van der Waals surface area contributed by atoms with E-state index in [0.29, 0.717) is 18.9 Å². The Balaban J connectivity index is 1.22. The topological polar surface area (TPSA) is 48.1 Å². The van der Waals surface area contributed by atoms with E-state index in [9.17, 15) is 4.79 Å². The van der Waals surface area contributed by atoms with E-state index in [0.717, 1.165) is 44.9 Å². The molecule has 0 radical (unpaired) electrons. The zero-order chi connectivity index (χ0) is 26.9. The average molecular weight is 523 g/mol. The largest absolute Gasteiger partial charge is 0.463 e. The van der Waals surface area contributed by atoms with Gasteiger partial charge in [0.15, 0.2) is 0 Å². The third-order valence-corrected chi connectivity index (χ3v) is 7.68. The number of unbranched alkanes of at least 4 members (excludes halogenated alkanes) is 4. The molecular formula is C34H50O4. The van der Waals surface area contributed by atoms with Crippen LogP contribution in [0.5, 0.6) is 0 Å². The third kappa shape index (κ3) is 10.9. The van der Waals surface area contributed by atoms with Crippen LogP contribution in [0.2, 0.25) is 0 Å². The van der Waals surface area contributed by atoms with Crippen molar-refractivity contribution >= 4 is 5.97 Å². The molecular weight excluding hydrogens is 472 g/mol. The highest BCUT2D eigenvalue weighted by Crippen LogP contribution is 2.41. The lowest BCUT2D eigenvalue weighted by molar-refractivity contribution is -0.152. The highest BCUT2D eigenvalue weighted by Gasteiger charge is 2.54. The number of carbonyl (C=O) groups is 1. The summed E-state index contributed by atoms with van der Waals surface area (Å²) < 4.78 is 17.7. The summed E-state index contributed by atoms with van der Waals surface area (Å²) in [5, 5.41) is 0. The van der Waals surface area contributed by atoms with Gasteiger partial charge in [0.2, 0.25) is 0 Å². The molecule has 0 aromatic heterocycles. The normalized spacial score (nSPS) is 27.3. The average Bonchev–Trinajstić information content (AvgIpc) is 3.70. The Hall–Kier alpha value is -2.17. The summed E-state index contributed by atoms with van der Waals surface area (Å²) in [6.07, 6.45) is 37.9. The van der Waals surface area contributed by atoms with Gasteiger partial charge < -0.3 is 14.2 Å². The molecule has 3 aliphatic rings. The van der Waals surface area contributed by atoms with Crippen molar-refractivity contribution in [1.82, 2.24) is 0 Å². The van der Waals surface area contributed by atoms with Crippen LogP contribution in [0, 0.1) is 5.92 Å². The minimum Gasteiger partial charge on any atom is -0.463 e. The summed E-state index contributed by atoms with van der Waals surface area (Å²) in [6, 6.07) is 0. The standard InChI is InChI=1S/C34H50O4/c1-3-4-5-6-7-8-9-10-11-12-13-14-15-16-17-18-19-24-33(35)36-27-32-34(28-37-34)26-25-31(38-32)30-23-21-20-22-29(30)2/h7-8,10-11,13-14,16-17,22,25-26,30-32H,3-6,9,12,15,18-21,23-24,27-28H2,1-2H3/b8-7-,11-10-,14-13-,17-16-/t30?,31-,32+,34+/m0/s1. The second-order valence-corrected chi connectivity index (χ2v) is 10.8. The third-order valence-electron chi connectivity index (χ3n) is 7.68. The van der Waals surface area contributed by atoms with E-state index in [1.54, 1.807) is 0 Å². The van der Waals surface area contributed by atoms with Crippen LogP contribution in [-0.4, -0.2) is 37.0 Å². The molecule has 1 saturated heterocycles. The predicted octanol–water partition coefficient (Wildman–Crippen LogP) is 8.51. The zero-order valence-electron chi connectivity index (χ0n) is 23.8. The molecule has 4 atom stereocenters. The summed E-state index contributed by atoms with van der Waals surface area (Å²) in [6.45, 7) is 5.35. The number of allylic oxidation sites excluding steroid dienone is 9. The summed E-state index contributed by atoms with van der Waals surface area (Å²) in [4.78, 5) is 12.3. The molecule has 1 spiro atoms. The van der Waals surface area contributed by atoms with Crippen molar-refractivity contribution in [3.05, 3.63) is 72.4 Å². The summed E-state index contributed by atoms with van der Waals surface area (Å²) >= 11 is 0. The Morgan fingerprint density at radius 2 is 1.66 bits per heavy atom. The van der Waals surface area contributed by atoms with E-state index in [1.165, 1.54) is 37.7 Å². The van der Waals surface area contributed by atoms with Gasteiger partial charge in [-0.25, -0.2) is 0 Å². The van der Waals surface area contributed by atoms with Gasteiger partial charge in [0.05, 0.1) is 12.7 Å². The molecule has 0 bridgehead atoms. The maximum Gasteiger partial charge on any atom is 0.305 e. The van der Waals surface area contributed by atoms with E-state index in [1.807, 2.05) is 0 Å². The highest BCUT2D eigenvalue weighted by atomic mass is 16.6. The lowest BCUT2D eigenvalue weighted by Gasteiger charge is -2.36. The molecule has 4 heteroatoms. The van der Waals surface area contributed by atoms with Gasteiger partial charge in [-0.05, 0) is 77.2 Å². The van der Waals surface area contributed by atoms with E-state index in [2.05, 4.69) is 80.7 Å². The first-order chi connectivity index (χ1) is 18.6. The van der Waals surface area contributed by atoms with Crippen LogP contribution < -0.4 is 0 Å². The number of rotatable bonds is 17. The van der Waals surface area contributed by atoms with Gasteiger partial charge in [-0.1, -0.05) is 86.1 Å². The van der Waals surface area contributed by atoms with Gasteiger partial charge in [-0.3, -0.25) is 4.79 Å². The van der Waals surface area contributed by atoms with Crippen LogP contribution in [0.25, 0.3) is 0 Å². The lowest BCUT2D eigenvalue weighted by atomic mass is 9.82. The molecule has 1 unspecified atom stereocenters. The van der Waals surface area contributed by atoms with Crippen molar-refractivity contribution in [2.24, 2.45) is 5.92 Å². The van der Waals surface area contributed by atoms with E-state index in [4.69, 9.17) is 14.2 Å². The van der Waals surface area contributed by atoms with Crippen LogP contribution in [0.1, 0.15) is 97.3 Å². The molecule has 38 heavy (non-hydrogen) atoms. The van der Waals surface area contributed by atoms with Crippen molar-refractivity contribution in [2.75, 3.05) is 13.2 Å². The molecule has 1 fully saturated rings. The minimum atomic E-state index is -0.389. The monoisotopic (exact) mass is 522 g/mol. The second kappa shape index (κ2) is 17.4. The molecule has 2 heterocycles. The smallest absolute Gasteiger partial charge is 0.305 e. The van der Waals surface area contributed by atoms with Crippen LogP contribution in [-0.2, 0) is 19.0 Å². The molecule has 0 aromatic carbocycles. The first-order valence-electron chi connectivity index (χ1n) is 15.1. The molecule has 2 aliphatic heterocycles. The summed E-state index contributed by atoms with van der Waals surface area (Å²) in [7, 11) is 0. The number of hydrogen-bond donors (Lipinski definition) is 0. The van der Waals surface area contributed by atoms with Crippen molar-refractivity contribution in [3.63, 3.8) is 0 Å². The zero-order valence-corrected chi connectivity index (χ0v) is 23.8. The first-order valence-corrected chi connectivity index (χ1v) is 15.1. The van der Waals surface area contributed by atoms with E-state index < -0.39 is 0 Å². The summed E-state index contributed by atoms with van der Waals surface area (Å²) in [5.41, 5.74) is 1.02. The number of carbonyl (C=O) groups excluding carboxylic acids is 1. The summed E-state index contributed by atoms with van der Waals surface area (Å²) in [5.74, 6) is 0.264. The molecule has 3 rings (SSSR count). The Kier molecular flexibility index (Phi) is 13.9. The fourth-order valence-electron chi connectivity index (χ4n) is 5.13. The second-order valence-electron chi connectivity index (χ2n) is 10.8. The van der Waals surface area contributed by atoms with Gasteiger partial charge in [0.1, 0.15) is 18.3 Å². The number of esters is 1. The molecule has 0 amide bonds. The molecule has 0 saturated carbocycles. The van der Waals surface area contributed by atoms with Crippen molar-refractivity contribution in [3.8, 4) is 0 Å². The Labute approximate surface area is 231 Å². The van der Waals surface area contributed by atoms with E-state index >= 15 is 0 Å². The number of epoxide rings is 1. The number of hydrogen-bond acceptors (Lipinski definition) is 4. The fraction of sp³-hybridized carbons (Fsp3) is 0.618. The van der Waals surface area contributed by atoms with Crippen LogP contribution in [0.4, 0.5) is 0 Å². The fourth-order valence-corrected chi connectivity index (χ4v) is 5.13. The maximum absolute atomic E-state index is 12.3. The SMILES string of the molecule is CCCCC/C=C\C/C=C\C/C=C\C/C=C\CCCC(=O)OC[C@H]1O[C@H](C2CCCC=C2C)C=C[C@@]12CO2. The van der Waals surface area contributed by atoms with Crippen molar-refractivity contribution in [1.29, 1.82) is 0 Å². The predicted molar refractivity (Wildman–Crippen MR) is 157 cm³/mol. The Morgan fingerprint density at radius 1 is 1.00 bits per heavy atom. The van der Waals surface area contributed by atoms with E-state index in [-0.39, 0.29) is 30.4 Å². The molecule has 0 aromatic rings.